The van der Waals surface area contributed by atoms with Gasteiger partial charge in [0.1, 0.15) is 11.9 Å². The van der Waals surface area contributed by atoms with Crippen molar-refractivity contribution < 1.29 is 4.74 Å². The molecule has 0 amide bonds. The Balaban J connectivity index is 1.96. The van der Waals surface area contributed by atoms with Crippen molar-refractivity contribution in [2.24, 2.45) is 0 Å². The van der Waals surface area contributed by atoms with E-state index in [-0.39, 0.29) is 6.10 Å². The molecule has 5 nitrogen and oxygen atoms in total. The van der Waals surface area contributed by atoms with E-state index in [0.717, 1.165) is 31.7 Å². The van der Waals surface area contributed by atoms with Gasteiger partial charge in [-0.25, -0.2) is 0 Å². The molecule has 5 heteroatoms. The molecule has 0 aliphatic carbocycles. The summed E-state index contributed by atoms with van der Waals surface area (Å²) in [6, 6.07) is 0. The highest BCUT2D eigenvalue weighted by Gasteiger charge is 2.15. The van der Waals surface area contributed by atoms with Crippen molar-refractivity contribution >= 4 is 5.82 Å². The standard InChI is InChI=1S/C10H16N4O/c1-11-9-6-13-7-10(14-9)15-8-2-4-12-5-3-8/h6-8,12H,2-5H2,1H3,(H,11,14). The van der Waals surface area contributed by atoms with Crippen LogP contribution in [0.15, 0.2) is 12.4 Å². The molecule has 15 heavy (non-hydrogen) atoms. The van der Waals surface area contributed by atoms with Gasteiger partial charge >= 0.3 is 0 Å². The first kappa shape index (κ1) is 10.2. The second-order valence-corrected chi connectivity index (χ2v) is 3.56. The molecule has 1 aromatic heterocycles. The van der Waals surface area contributed by atoms with Crippen molar-refractivity contribution in [2.75, 3.05) is 25.5 Å². The monoisotopic (exact) mass is 208 g/mol. The summed E-state index contributed by atoms with van der Waals surface area (Å²) in [5.74, 6) is 1.34. The Hall–Kier alpha value is -1.36. The maximum atomic E-state index is 5.74. The quantitative estimate of drug-likeness (QED) is 0.763. The van der Waals surface area contributed by atoms with E-state index in [9.17, 15) is 0 Å². The van der Waals surface area contributed by atoms with Crippen LogP contribution in [-0.4, -0.2) is 36.2 Å². The smallest absolute Gasteiger partial charge is 0.234 e. The van der Waals surface area contributed by atoms with Crippen LogP contribution < -0.4 is 15.4 Å². The molecule has 0 bridgehead atoms. The largest absolute Gasteiger partial charge is 0.473 e. The lowest BCUT2D eigenvalue weighted by atomic mass is 10.1. The number of nitrogens with one attached hydrogen (secondary N) is 2. The highest BCUT2D eigenvalue weighted by molar-refractivity contribution is 5.31. The fraction of sp³-hybridized carbons (Fsp3) is 0.600. The molecule has 82 valence electrons. The van der Waals surface area contributed by atoms with Crippen LogP contribution in [0.1, 0.15) is 12.8 Å². The SMILES string of the molecule is CNc1cncc(OC2CCNCC2)n1. The van der Waals surface area contributed by atoms with Crippen LogP contribution in [0.4, 0.5) is 5.82 Å². The lowest BCUT2D eigenvalue weighted by molar-refractivity contribution is 0.155. The summed E-state index contributed by atoms with van der Waals surface area (Å²) in [4.78, 5) is 8.32. The molecule has 0 spiro atoms. The van der Waals surface area contributed by atoms with E-state index in [1.807, 2.05) is 7.05 Å². The molecule has 0 aromatic carbocycles. The van der Waals surface area contributed by atoms with Crippen molar-refractivity contribution in [3.8, 4) is 5.88 Å². The first-order valence-electron chi connectivity index (χ1n) is 5.25. The topological polar surface area (TPSA) is 59.1 Å². The van der Waals surface area contributed by atoms with E-state index in [4.69, 9.17) is 4.74 Å². The summed E-state index contributed by atoms with van der Waals surface area (Å²) in [6.45, 7) is 2.04. The van der Waals surface area contributed by atoms with Crippen LogP contribution in [0.5, 0.6) is 5.88 Å². The minimum Gasteiger partial charge on any atom is -0.473 e. The predicted molar refractivity (Wildman–Crippen MR) is 58.1 cm³/mol. The highest BCUT2D eigenvalue weighted by Crippen LogP contribution is 2.14. The summed E-state index contributed by atoms with van der Waals surface area (Å²) < 4.78 is 5.74. The third kappa shape index (κ3) is 2.79. The summed E-state index contributed by atoms with van der Waals surface area (Å²) >= 11 is 0. The van der Waals surface area contributed by atoms with Gasteiger partial charge in [-0.1, -0.05) is 0 Å². The van der Waals surface area contributed by atoms with Gasteiger partial charge in [0.15, 0.2) is 0 Å². The number of rotatable bonds is 3. The summed E-state index contributed by atoms with van der Waals surface area (Å²) in [7, 11) is 1.82. The van der Waals surface area contributed by atoms with Gasteiger partial charge in [0.05, 0.1) is 12.4 Å². The number of anilines is 1. The zero-order valence-corrected chi connectivity index (χ0v) is 8.86. The van der Waals surface area contributed by atoms with Gasteiger partial charge < -0.3 is 15.4 Å². The first-order chi connectivity index (χ1) is 7.38. The lowest BCUT2D eigenvalue weighted by Gasteiger charge is -2.23. The third-order valence-corrected chi connectivity index (χ3v) is 2.44. The van der Waals surface area contributed by atoms with Gasteiger partial charge in [-0.2, -0.15) is 4.98 Å². The predicted octanol–water partition coefficient (Wildman–Crippen LogP) is 0.649. The number of hydrogen-bond donors (Lipinski definition) is 2. The van der Waals surface area contributed by atoms with Crippen molar-refractivity contribution in [2.45, 2.75) is 18.9 Å². The molecular weight excluding hydrogens is 192 g/mol. The Morgan fingerprint density at radius 3 is 2.93 bits per heavy atom. The fourth-order valence-corrected chi connectivity index (χ4v) is 1.61. The molecule has 2 heterocycles. The molecule has 2 rings (SSSR count). The minimum atomic E-state index is 0.271. The summed E-state index contributed by atoms with van der Waals surface area (Å²) in [5.41, 5.74) is 0. The van der Waals surface area contributed by atoms with E-state index < -0.39 is 0 Å². The molecule has 1 aliphatic rings. The van der Waals surface area contributed by atoms with Crippen molar-refractivity contribution in [3.63, 3.8) is 0 Å². The van der Waals surface area contributed by atoms with Crippen molar-refractivity contribution in [1.29, 1.82) is 0 Å². The van der Waals surface area contributed by atoms with E-state index in [1.165, 1.54) is 0 Å². The molecule has 0 unspecified atom stereocenters. The number of nitrogens with zero attached hydrogens (tertiary/aromatic N) is 2. The van der Waals surface area contributed by atoms with E-state index in [1.54, 1.807) is 12.4 Å². The molecule has 0 atom stereocenters. The number of hydrogen-bond acceptors (Lipinski definition) is 5. The zero-order chi connectivity index (χ0) is 10.5. The molecule has 0 radical (unpaired) electrons. The molecule has 1 aromatic rings. The van der Waals surface area contributed by atoms with Crippen LogP contribution in [0.25, 0.3) is 0 Å². The number of ether oxygens (including phenoxy) is 1. The van der Waals surface area contributed by atoms with Gasteiger partial charge in [-0.15, -0.1) is 0 Å². The van der Waals surface area contributed by atoms with Crippen LogP contribution >= 0.6 is 0 Å². The Morgan fingerprint density at radius 2 is 2.20 bits per heavy atom. The van der Waals surface area contributed by atoms with Gasteiger partial charge in [-0.3, -0.25) is 4.98 Å². The zero-order valence-electron chi connectivity index (χ0n) is 8.86. The van der Waals surface area contributed by atoms with E-state index in [0.29, 0.717) is 5.88 Å². The summed E-state index contributed by atoms with van der Waals surface area (Å²) in [5, 5.41) is 6.23. The molecule has 1 fully saturated rings. The van der Waals surface area contributed by atoms with Gasteiger partial charge in [-0.05, 0) is 25.9 Å². The van der Waals surface area contributed by atoms with Crippen molar-refractivity contribution in [1.82, 2.24) is 15.3 Å². The van der Waals surface area contributed by atoms with Crippen molar-refractivity contribution in [3.05, 3.63) is 12.4 Å². The van der Waals surface area contributed by atoms with Gasteiger partial charge in [0.25, 0.3) is 0 Å². The van der Waals surface area contributed by atoms with Gasteiger partial charge in [0, 0.05) is 7.05 Å². The van der Waals surface area contributed by atoms with Crippen LogP contribution in [0, 0.1) is 0 Å². The Labute approximate surface area is 89.3 Å². The van der Waals surface area contributed by atoms with E-state index in [2.05, 4.69) is 20.6 Å². The first-order valence-corrected chi connectivity index (χ1v) is 5.25. The molecular formula is C10H16N4O. The second-order valence-electron chi connectivity index (χ2n) is 3.56. The normalized spacial score (nSPS) is 17.4. The molecule has 0 saturated carbocycles. The Bertz CT molecular complexity index is 312. The molecule has 1 saturated heterocycles. The second kappa shape index (κ2) is 4.93. The lowest BCUT2D eigenvalue weighted by Crippen LogP contribution is -2.34. The Morgan fingerprint density at radius 1 is 1.40 bits per heavy atom. The Kier molecular flexibility index (Phi) is 3.34. The van der Waals surface area contributed by atoms with Crippen LogP contribution in [0.3, 0.4) is 0 Å². The summed E-state index contributed by atoms with van der Waals surface area (Å²) in [6.07, 6.45) is 5.67. The van der Waals surface area contributed by atoms with Gasteiger partial charge in [0.2, 0.25) is 5.88 Å². The molecule has 1 aliphatic heterocycles. The van der Waals surface area contributed by atoms with Crippen LogP contribution in [0.2, 0.25) is 0 Å². The molecule has 2 N–H and O–H groups in total. The highest BCUT2D eigenvalue weighted by atomic mass is 16.5. The fourth-order valence-electron chi connectivity index (χ4n) is 1.61. The third-order valence-electron chi connectivity index (χ3n) is 2.44. The minimum absolute atomic E-state index is 0.271. The van der Waals surface area contributed by atoms with Crippen LogP contribution in [-0.2, 0) is 0 Å². The maximum Gasteiger partial charge on any atom is 0.234 e. The maximum absolute atomic E-state index is 5.74. The van der Waals surface area contributed by atoms with E-state index >= 15 is 0 Å². The average Bonchev–Trinajstić information content (AvgIpc) is 2.31. The number of piperidine rings is 1. The number of aromatic nitrogens is 2. The average molecular weight is 208 g/mol.